The van der Waals surface area contributed by atoms with Crippen molar-refractivity contribution in [2.75, 3.05) is 5.32 Å². The smallest absolute Gasteiger partial charge is 0.303 e. The number of carbonyl (C=O) groups excluding carboxylic acids is 1. The summed E-state index contributed by atoms with van der Waals surface area (Å²) in [7, 11) is 0. The summed E-state index contributed by atoms with van der Waals surface area (Å²) in [6, 6.07) is 0. The van der Waals surface area contributed by atoms with E-state index in [0.717, 1.165) is 16.4 Å². The summed E-state index contributed by atoms with van der Waals surface area (Å²) < 4.78 is 6.49. The summed E-state index contributed by atoms with van der Waals surface area (Å²) >= 11 is 2.90. The number of hydrogen-bond acceptors (Lipinski definition) is 7. The lowest BCUT2D eigenvalue weighted by Gasteiger charge is -2.20. The minimum Gasteiger partial charge on any atom is -0.481 e. The Morgan fingerprint density at radius 2 is 2.08 bits per heavy atom. The fourth-order valence-electron chi connectivity index (χ4n) is 2.16. The second-order valence-electron chi connectivity index (χ2n) is 6.31. The Bertz CT molecular complexity index is 739. The predicted molar refractivity (Wildman–Crippen MR) is 96.8 cm³/mol. The molecule has 2 rings (SSSR count). The number of aromatic nitrogens is 2. The third-order valence-electron chi connectivity index (χ3n) is 3.29. The van der Waals surface area contributed by atoms with E-state index in [1.165, 1.54) is 23.1 Å². The van der Waals surface area contributed by atoms with E-state index in [1.807, 2.05) is 6.92 Å². The van der Waals surface area contributed by atoms with Crippen LogP contribution in [0, 0.1) is 5.41 Å². The van der Waals surface area contributed by atoms with Crippen molar-refractivity contribution in [3.63, 3.8) is 0 Å². The van der Waals surface area contributed by atoms with Gasteiger partial charge in [0.25, 0.3) is 0 Å². The molecule has 1 amide bonds. The number of carbonyl (C=O) groups is 2. The van der Waals surface area contributed by atoms with Gasteiger partial charge in [0.15, 0.2) is 5.13 Å². The highest BCUT2D eigenvalue weighted by molar-refractivity contribution is 8.00. The number of rotatable bonds is 9. The van der Waals surface area contributed by atoms with Crippen molar-refractivity contribution in [2.45, 2.75) is 50.0 Å². The van der Waals surface area contributed by atoms with Crippen LogP contribution < -0.4 is 5.32 Å². The number of aryl methyl sites for hydroxylation is 1. The molecule has 0 unspecified atom stereocenters. The maximum Gasteiger partial charge on any atom is 0.303 e. The fraction of sp³-hybridized carbons (Fsp3) is 0.500. The van der Waals surface area contributed by atoms with E-state index < -0.39 is 11.4 Å². The lowest BCUT2D eigenvalue weighted by Crippen LogP contribution is -2.24. The number of nitrogens with one attached hydrogen (secondary N) is 1. The highest BCUT2D eigenvalue weighted by Crippen LogP contribution is 2.31. The molecule has 2 aromatic heterocycles. The van der Waals surface area contributed by atoms with Gasteiger partial charge >= 0.3 is 5.97 Å². The molecule has 0 fully saturated rings. The zero-order valence-electron chi connectivity index (χ0n) is 14.4. The Hall–Kier alpha value is -1.87. The molecule has 9 heteroatoms. The summed E-state index contributed by atoms with van der Waals surface area (Å²) in [5, 5.41) is 12.1. The van der Waals surface area contributed by atoms with Gasteiger partial charge in [-0.1, -0.05) is 32.1 Å². The first kappa shape index (κ1) is 19.5. The standard InChI is InChI=1S/C16H21N3O4S2/c1-4-10-7-17-12(23-10)9-24-14-8-18-15(25-14)19-11(20)5-16(2,3)6-13(21)22/h7-8H,4-6,9H2,1-3H3,(H,21,22)(H,18,19,20). The molecule has 0 aliphatic heterocycles. The van der Waals surface area contributed by atoms with E-state index in [2.05, 4.69) is 15.3 Å². The third kappa shape index (κ3) is 6.50. The molecule has 136 valence electrons. The first-order valence-electron chi connectivity index (χ1n) is 7.81. The normalized spacial score (nSPS) is 11.5. The van der Waals surface area contributed by atoms with Crippen LogP contribution in [0.4, 0.5) is 5.13 Å². The first-order chi connectivity index (χ1) is 11.8. The van der Waals surface area contributed by atoms with Crippen molar-refractivity contribution in [2.24, 2.45) is 5.41 Å². The van der Waals surface area contributed by atoms with E-state index in [-0.39, 0.29) is 18.7 Å². The largest absolute Gasteiger partial charge is 0.481 e. The van der Waals surface area contributed by atoms with E-state index in [9.17, 15) is 9.59 Å². The Morgan fingerprint density at radius 3 is 2.72 bits per heavy atom. The van der Waals surface area contributed by atoms with E-state index in [4.69, 9.17) is 9.52 Å². The second kappa shape index (κ2) is 8.48. The average molecular weight is 383 g/mol. The molecule has 2 heterocycles. The van der Waals surface area contributed by atoms with Crippen LogP contribution in [0.1, 0.15) is 45.3 Å². The van der Waals surface area contributed by atoms with Crippen LogP contribution in [0.15, 0.2) is 21.0 Å². The van der Waals surface area contributed by atoms with Gasteiger partial charge in [0.1, 0.15) is 5.76 Å². The van der Waals surface area contributed by atoms with Crippen molar-refractivity contribution < 1.29 is 19.1 Å². The van der Waals surface area contributed by atoms with Gasteiger partial charge in [0.05, 0.1) is 28.8 Å². The van der Waals surface area contributed by atoms with Gasteiger partial charge in [-0.05, 0) is 5.41 Å². The SMILES string of the molecule is CCc1cnc(CSc2cnc(NC(=O)CC(C)(C)CC(=O)O)s2)o1. The summed E-state index contributed by atoms with van der Waals surface area (Å²) in [5.41, 5.74) is -0.604. The lowest BCUT2D eigenvalue weighted by atomic mass is 9.85. The summed E-state index contributed by atoms with van der Waals surface area (Å²) in [6.45, 7) is 5.52. The van der Waals surface area contributed by atoms with Crippen molar-refractivity contribution in [3.8, 4) is 0 Å². The first-order valence-corrected chi connectivity index (χ1v) is 9.61. The number of thioether (sulfide) groups is 1. The van der Waals surface area contributed by atoms with Crippen LogP contribution in [0.2, 0.25) is 0 Å². The van der Waals surface area contributed by atoms with Crippen LogP contribution in [0.5, 0.6) is 0 Å². The number of anilines is 1. The monoisotopic (exact) mass is 383 g/mol. The molecule has 25 heavy (non-hydrogen) atoms. The predicted octanol–water partition coefficient (Wildman–Crippen LogP) is 3.82. The van der Waals surface area contributed by atoms with Crippen LogP contribution in [-0.4, -0.2) is 27.0 Å². The zero-order chi connectivity index (χ0) is 18.4. The molecule has 0 aliphatic rings. The van der Waals surface area contributed by atoms with Crippen molar-refractivity contribution >= 4 is 40.1 Å². The van der Waals surface area contributed by atoms with Gasteiger partial charge in [-0.25, -0.2) is 9.97 Å². The van der Waals surface area contributed by atoms with Crippen molar-refractivity contribution in [1.29, 1.82) is 0 Å². The highest BCUT2D eigenvalue weighted by Gasteiger charge is 2.25. The topological polar surface area (TPSA) is 105 Å². The highest BCUT2D eigenvalue weighted by atomic mass is 32.2. The minimum atomic E-state index is -0.913. The number of oxazole rings is 1. The Kier molecular flexibility index (Phi) is 6.60. The van der Waals surface area contributed by atoms with E-state index in [0.29, 0.717) is 16.8 Å². The number of carboxylic acid groups (broad SMARTS) is 1. The molecule has 7 nitrogen and oxygen atoms in total. The molecular formula is C16H21N3O4S2. The van der Waals surface area contributed by atoms with Gasteiger partial charge in [-0.3, -0.25) is 9.59 Å². The summed E-state index contributed by atoms with van der Waals surface area (Å²) in [4.78, 5) is 31.3. The van der Waals surface area contributed by atoms with E-state index in [1.54, 1.807) is 26.2 Å². The number of nitrogens with zero attached hydrogens (tertiary/aromatic N) is 2. The van der Waals surface area contributed by atoms with Crippen LogP contribution in [-0.2, 0) is 21.8 Å². The number of carboxylic acids is 1. The maximum atomic E-state index is 12.1. The van der Waals surface area contributed by atoms with Gasteiger partial charge < -0.3 is 14.8 Å². The van der Waals surface area contributed by atoms with Gasteiger partial charge in [0, 0.05) is 12.8 Å². The molecule has 0 bridgehead atoms. The molecule has 2 aromatic rings. The molecule has 0 saturated carbocycles. The fourth-order valence-corrected chi connectivity index (χ4v) is 3.91. The third-order valence-corrected chi connectivity index (χ3v) is 5.38. The lowest BCUT2D eigenvalue weighted by molar-refractivity contribution is -0.139. The maximum absolute atomic E-state index is 12.1. The molecule has 0 aliphatic carbocycles. The number of thiazole rings is 1. The minimum absolute atomic E-state index is 0.0602. The summed E-state index contributed by atoms with van der Waals surface area (Å²) in [5.74, 6) is 0.968. The molecular weight excluding hydrogens is 362 g/mol. The molecule has 0 atom stereocenters. The molecule has 0 radical (unpaired) electrons. The number of hydrogen-bond donors (Lipinski definition) is 2. The zero-order valence-corrected chi connectivity index (χ0v) is 16.0. The Morgan fingerprint density at radius 1 is 1.32 bits per heavy atom. The second-order valence-corrected chi connectivity index (χ2v) is 8.61. The van der Waals surface area contributed by atoms with Gasteiger partial charge in [-0.15, -0.1) is 11.8 Å². The van der Waals surface area contributed by atoms with Gasteiger partial charge in [-0.2, -0.15) is 0 Å². The van der Waals surface area contributed by atoms with Crippen molar-refractivity contribution in [3.05, 3.63) is 24.0 Å². The number of aliphatic carboxylic acids is 1. The van der Waals surface area contributed by atoms with Crippen LogP contribution in [0.3, 0.4) is 0 Å². The molecule has 0 saturated heterocycles. The molecule has 2 N–H and O–H groups in total. The number of amides is 1. The van der Waals surface area contributed by atoms with Crippen LogP contribution in [0.25, 0.3) is 0 Å². The van der Waals surface area contributed by atoms with Crippen LogP contribution >= 0.6 is 23.1 Å². The quantitative estimate of drug-likeness (QED) is 0.634. The molecule has 0 spiro atoms. The summed E-state index contributed by atoms with van der Waals surface area (Å²) in [6.07, 6.45) is 4.30. The van der Waals surface area contributed by atoms with Crippen molar-refractivity contribution in [1.82, 2.24) is 9.97 Å². The Balaban J connectivity index is 1.84. The van der Waals surface area contributed by atoms with Gasteiger partial charge in [0.2, 0.25) is 11.8 Å². The molecule has 0 aromatic carbocycles. The van der Waals surface area contributed by atoms with E-state index >= 15 is 0 Å². The Labute approximate surface area is 154 Å². The average Bonchev–Trinajstić information content (AvgIpc) is 3.11.